The number of fused-ring (bicyclic) bond motifs is 1. The van der Waals surface area contributed by atoms with Gasteiger partial charge in [-0.1, -0.05) is 11.6 Å². The largest absolute Gasteiger partial charge is 0.493 e. The van der Waals surface area contributed by atoms with Crippen LogP contribution >= 0.6 is 11.6 Å². The number of ether oxygens (including phenoxy) is 2. The van der Waals surface area contributed by atoms with Gasteiger partial charge in [-0.2, -0.15) is 0 Å². The lowest BCUT2D eigenvalue weighted by Gasteiger charge is -2.10. The van der Waals surface area contributed by atoms with E-state index in [4.69, 9.17) is 21.1 Å². The minimum atomic E-state index is -0.649. The van der Waals surface area contributed by atoms with Crippen molar-refractivity contribution in [1.29, 1.82) is 0 Å². The van der Waals surface area contributed by atoms with Crippen molar-refractivity contribution in [2.24, 2.45) is 0 Å². The maximum Gasteiger partial charge on any atom is 0.286 e. The first-order chi connectivity index (χ1) is 12.9. The van der Waals surface area contributed by atoms with E-state index in [1.807, 2.05) is 0 Å². The first kappa shape index (κ1) is 18.5. The van der Waals surface area contributed by atoms with Crippen LogP contribution in [-0.4, -0.2) is 34.4 Å². The molecule has 0 aliphatic carbocycles. The molecule has 0 saturated heterocycles. The van der Waals surface area contributed by atoms with E-state index in [0.29, 0.717) is 16.4 Å². The molecule has 0 aliphatic rings. The minimum absolute atomic E-state index is 0.0869. The number of carbonyl (C=O) groups excluding carboxylic acids is 1. The van der Waals surface area contributed by atoms with Gasteiger partial charge >= 0.3 is 0 Å². The molecule has 0 fully saturated rings. The quantitative estimate of drug-likeness (QED) is 0.512. The maximum atomic E-state index is 12.5. The number of nitro benzene ring substituents is 1. The number of benzene rings is 1. The molecule has 2 aromatic heterocycles. The van der Waals surface area contributed by atoms with E-state index in [0.717, 1.165) is 6.07 Å². The lowest BCUT2D eigenvalue weighted by Crippen LogP contribution is -2.24. The van der Waals surface area contributed by atoms with E-state index >= 15 is 0 Å². The summed E-state index contributed by atoms with van der Waals surface area (Å²) in [4.78, 5) is 27.5. The van der Waals surface area contributed by atoms with Gasteiger partial charge in [0, 0.05) is 18.5 Å². The fourth-order valence-corrected chi connectivity index (χ4v) is 2.74. The number of methoxy groups -OCH3 is 2. The van der Waals surface area contributed by atoms with Gasteiger partial charge in [0.2, 0.25) is 0 Å². The molecule has 140 valence electrons. The number of aromatic nitrogens is 2. The molecule has 0 saturated carbocycles. The molecule has 27 heavy (non-hydrogen) atoms. The fraction of sp³-hybridized carbons (Fsp3) is 0.176. The van der Waals surface area contributed by atoms with Crippen LogP contribution < -0.4 is 14.8 Å². The number of amides is 1. The van der Waals surface area contributed by atoms with Crippen molar-refractivity contribution in [2.75, 3.05) is 14.2 Å². The Hall–Kier alpha value is -3.33. The van der Waals surface area contributed by atoms with Gasteiger partial charge in [0.05, 0.1) is 42.5 Å². The van der Waals surface area contributed by atoms with Gasteiger partial charge in [0.15, 0.2) is 11.5 Å². The molecule has 0 spiro atoms. The number of pyridine rings is 1. The van der Waals surface area contributed by atoms with E-state index in [2.05, 4.69) is 10.3 Å². The molecule has 1 amide bonds. The molecule has 10 heteroatoms. The number of carbonyl (C=O) groups is 1. The Morgan fingerprint density at radius 2 is 1.96 bits per heavy atom. The molecule has 0 unspecified atom stereocenters. The van der Waals surface area contributed by atoms with E-state index in [-0.39, 0.29) is 29.3 Å². The van der Waals surface area contributed by atoms with Gasteiger partial charge in [-0.25, -0.2) is 4.98 Å². The van der Waals surface area contributed by atoms with Gasteiger partial charge in [-0.3, -0.25) is 14.9 Å². The predicted molar refractivity (Wildman–Crippen MR) is 97.6 cm³/mol. The van der Waals surface area contributed by atoms with Gasteiger partial charge < -0.3 is 19.2 Å². The summed E-state index contributed by atoms with van der Waals surface area (Å²) >= 11 is 5.93. The smallest absolute Gasteiger partial charge is 0.286 e. The molecule has 1 aromatic carbocycles. The zero-order valence-electron chi connectivity index (χ0n) is 14.4. The Labute approximate surface area is 158 Å². The normalized spacial score (nSPS) is 10.6. The van der Waals surface area contributed by atoms with Crippen molar-refractivity contribution in [2.45, 2.75) is 6.54 Å². The van der Waals surface area contributed by atoms with Crippen LogP contribution in [0.2, 0.25) is 5.02 Å². The van der Waals surface area contributed by atoms with Crippen LogP contribution in [0.1, 0.15) is 16.1 Å². The minimum Gasteiger partial charge on any atom is -0.493 e. The van der Waals surface area contributed by atoms with Crippen molar-refractivity contribution < 1.29 is 19.2 Å². The number of hydrogen-bond acceptors (Lipinski definition) is 6. The fourth-order valence-electron chi connectivity index (χ4n) is 2.57. The topological polar surface area (TPSA) is 108 Å². The van der Waals surface area contributed by atoms with Crippen molar-refractivity contribution >= 4 is 28.8 Å². The molecule has 3 rings (SSSR count). The standard InChI is InChI=1S/C17H15ClN4O5/c1-26-14-5-12(13(22(24)25)6-15(14)27-2)17(23)19-7-11-9-21-8-10(18)3-4-16(21)20-11/h3-6,8-9H,7H2,1-2H3,(H,19,23). The van der Waals surface area contributed by atoms with Crippen LogP contribution in [0.15, 0.2) is 36.7 Å². The molecule has 3 aromatic rings. The van der Waals surface area contributed by atoms with Gasteiger partial charge in [-0.15, -0.1) is 0 Å². The molecule has 1 N–H and O–H groups in total. The van der Waals surface area contributed by atoms with Crippen LogP contribution in [0, 0.1) is 10.1 Å². The van der Waals surface area contributed by atoms with Crippen LogP contribution in [0.4, 0.5) is 5.69 Å². The number of nitro groups is 1. The molecular weight excluding hydrogens is 376 g/mol. The summed E-state index contributed by atoms with van der Waals surface area (Å²) in [6, 6.07) is 5.88. The zero-order chi connectivity index (χ0) is 19.6. The second-order valence-corrected chi connectivity index (χ2v) is 5.95. The van der Waals surface area contributed by atoms with E-state index in [1.54, 1.807) is 28.9 Å². The van der Waals surface area contributed by atoms with Crippen LogP contribution in [0.25, 0.3) is 5.65 Å². The van der Waals surface area contributed by atoms with Gasteiger partial charge in [0.25, 0.3) is 11.6 Å². The Morgan fingerprint density at radius 1 is 1.26 bits per heavy atom. The average Bonchev–Trinajstić information content (AvgIpc) is 3.06. The maximum absolute atomic E-state index is 12.5. The lowest BCUT2D eigenvalue weighted by molar-refractivity contribution is -0.385. The number of nitrogens with zero attached hydrogens (tertiary/aromatic N) is 3. The third kappa shape index (κ3) is 3.77. The Balaban J connectivity index is 1.85. The highest BCUT2D eigenvalue weighted by Gasteiger charge is 2.24. The first-order valence-electron chi connectivity index (χ1n) is 7.74. The predicted octanol–water partition coefficient (Wildman–Crippen LogP) is 2.84. The number of imidazole rings is 1. The third-order valence-corrected chi connectivity index (χ3v) is 4.06. The van der Waals surface area contributed by atoms with Crippen molar-refractivity contribution in [1.82, 2.24) is 14.7 Å². The zero-order valence-corrected chi connectivity index (χ0v) is 15.2. The van der Waals surface area contributed by atoms with E-state index < -0.39 is 10.8 Å². The van der Waals surface area contributed by atoms with Gasteiger partial charge in [0.1, 0.15) is 11.2 Å². The summed E-state index contributed by atoms with van der Waals surface area (Å²) in [7, 11) is 2.74. The van der Waals surface area contributed by atoms with Crippen molar-refractivity contribution in [3.63, 3.8) is 0 Å². The number of rotatable bonds is 6. The average molecular weight is 391 g/mol. The lowest BCUT2D eigenvalue weighted by atomic mass is 10.1. The summed E-state index contributed by atoms with van der Waals surface area (Å²) in [5, 5.41) is 14.5. The summed E-state index contributed by atoms with van der Waals surface area (Å²) in [5.74, 6) is -0.244. The Morgan fingerprint density at radius 3 is 2.63 bits per heavy atom. The first-order valence-corrected chi connectivity index (χ1v) is 8.12. The molecular formula is C17H15ClN4O5. The highest BCUT2D eigenvalue weighted by Crippen LogP contribution is 2.34. The molecule has 2 heterocycles. The molecule has 0 aliphatic heterocycles. The van der Waals surface area contributed by atoms with Crippen LogP contribution in [0.3, 0.4) is 0 Å². The molecule has 0 radical (unpaired) electrons. The molecule has 9 nitrogen and oxygen atoms in total. The highest BCUT2D eigenvalue weighted by molar-refractivity contribution is 6.30. The van der Waals surface area contributed by atoms with Crippen molar-refractivity contribution in [3.8, 4) is 11.5 Å². The molecule has 0 atom stereocenters. The summed E-state index contributed by atoms with van der Waals surface area (Å²) < 4.78 is 11.9. The third-order valence-electron chi connectivity index (χ3n) is 3.84. The summed E-state index contributed by atoms with van der Waals surface area (Å²) in [6.07, 6.45) is 3.40. The Bertz CT molecular complexity index is 1030. The van der Waals surface area contributed by atoms with Gasteiger partial charge in [-0.05, 0) is 12.1 Å². The summed E-state index contributed by atoms with van der Waals surface area (Å²) in [6.45, 7) is 0.0869. The van der Waals surface area contributed by atoms with E-state index in [1.165, 1.54) is 20.3 Å². The monoisotopic (exact) mass is 390 g/mol. The van der Waals surface area contributed by atoms with E-state index in [9.17, 15) is 14.9 Å². The van der Waals surface area contributed by atoms with Crippen molar-refractivity contribution in [3.05, 3.63) is 63.1 Å². The second kappa shape index (κ2) is 7.50. The molecule has 0 bridgehead atoms. The number of hydrogen-bond donors (Lipinski definition) is 1. The van der Waals surface area contributed by atoms with Crippen LogP contribution in [0.5, 0.6) is 11.5 Å². The summed E-state index contributed by atoms with van der Waals surface area (Å²) in [5.41, 5.74) is 0.728. The number of halogens is 1. The number of nitrogens with one attached hydrogen (secondary N) is 1. The van der Waals surface area contributed by atoms with Crippen LogP contribution in [-0.2, 0) is 6.54 Å². The second-order valence-electron chi connectivity index (χ2n) is 5.51. The SMILES string of the molecule is COc1cc(C(=O)NCc2cn3cc(Cl)ccc3n2)c([N+](=O)[O-])cc1OC. The Kier molecular flexibility index (Phi) is 5.13. The highest BCUT2D eigenvalue weighted by atomic mass is 35.5.